The lowest BCUT2D eigenvalue weighted by molar-refractivity contribution is 0.0957. The zero-order chi connectivity index (χ0) is 16.1. The molecule has 1 aromatic heterocycles. The summed E-state index contributed by atoms with van der Waals surface area (Å²) >= 11 is 0. The number of carbonyl (C=O) groups is 1. The predicted octanol–water partition coefficient (Wildman–Crippen LogP) is 3.33. The fourth-order valence-electron chi connectivity index (χ4n) is 2.30. The Morgan fingerprint density at radius 3 is 2.78 bits per heavy atom. The minimum absolute atomic E-state index is 0.246. The first-order chi connectivity index (χ1) is 11.3. The van der Waals surface area contributed by atoms with Gasteiger partial charge in [0.1, 0.15) is 5.75 Å². The zero-order valence-electron chi connectivity index (χ0n) is 12.7. The Hall–Kier alpha value is -3.08. The van der Waals surface area contributed by atoms with E-state index in [9.17, 15) is 4.79 Å². The van der Waals surface area contributed by atoms with E-state index in [-0.39, 0.29) is 5.91 Å². The molecule has 2 aromatic carbocycles. The van der Waals surface area contributed by atoms with Crippen molar-refractivity contribution in [2.45, 2.75) is 6.92 Å². The molecule has 0 bridgehead atoms. The molecule has 0 fully saturated rings. The fraction of sp³-hybridized carbons (Fsp3) is 0.111. The second-order valence-electron chi connectivity index (χ2n) is 4.95. The first-order valence-corrected chi connectivity index (χ1v) is 7.40. The highest BCUT2D eigenvalue weighted by Crippen LogP contribution is 2.17. The molecule has 0 spiro atoms. The summed E-state index contributed by atoms with van der Waals surface area (Å²) < 4.78 is 5.38. The molecule has 2 N–H and O–H groups in total. The Kier molecular flexibility index (Phi) is 4.38. The Bertz CT molecular complexity index is 835. The number of H-pyrrole nitrogens is 1. The van der Waals surface area contributed by atoms with E-state index in [1.54, 1.807) is 12.4 Å². The summed E-state index contributed by atoms with van der Waals surface area (Å²) in [4.78, 5) is 15.3. The monoisotopic (exact) mass is 307 g/mol. The highest BCUT2D eigenvalue weighted by Gasteiger charge is 2.10. The Balaban J connectivity index is 1.66. The number of benzene rings is 2. The number of nitrogens with zero attached hydrogens (tertiary/aromatic N) is 1. The molecule has 1 heterocycles. The molecule has 0 radical (unpaired) electrons. The van der Waals surface area contributed by atoms with Gasteiger partial charge in [-0.1, -0.05) is 18.2 Å². The van der Waals surface area contributed by atoms with Crippen LogP contribution in [-0.4, -0.2) is 23.7 Å². The predicted molar refractivity (Wildman–Crippen MR) is 91.0 cm³/mol. The van der Waals surface area contributed by atoms with Gasteiger partial charge in [-0.3, -0.25) is 4.79 Å². The lowest BCUT2D eigenvalue weighted by atomic mass is 10.2. The van der Waals surface area contributed by atoms with E-state index in [4.69, 9.17) is 4.74 Å². The second-order valence-corrected chi connectivity index (χ2v) is 4.95. The topological polar surface area (TPSA) is 66.5 Å². The van der Waals surface area contributed by atoms with Crippen molar-refractivity contribution in [3.05, 3.63) is 65.9 Å². The highest BCUT2D eigenvalue weighted by molar-refractivity contribution is 6.06. The van der Waals surface area contributed by atoms with Crippen LogP contribution in [0.3, 0.4) is 0 Å². The minimum atomic E-state index is -0.246. The fourth-order valence-corrected chi connectivity index (χ4v) is 2.30. The molecule has 1 amide bonds. The van der Waals surface area contributed by atoms with E-state index in [0.717, 1.165) is 22.2 Å². The molecular formula is C18H17N3O2. The molecule has 0 saturated carbocycles. The summed E-state index contributed by atoms with van der Waals surface area (Å²) in [7, 11) is 0. The summed E-state index contributed by atoms with van der Waals surface area (Å²) in [5.74, 6) is 0.567. The molecule has 0 saturated heterocycles. The average Bonchev–Trinajstić information content (AvgIpc) is 3.01. The number of hydrogen-bond acceptors (Lipinski definition) is 3. The molecule has 23 heavy (non-hydrogen) atoms. The number of amides is 1. The first-order valence-electron chi connectivity index (χ1n) is 7.40. The van der Waals surface area contributed by atoms with E-state index >= 15 is 0 Å². The first kappa shape index (κ1) is 14.8. The van der Waals surface area contributed by atoms with Crippen LogP contribution in [-0.2, 0) is 0 Å². The van der Waals surface area contributed by atoms with Crippen molar-refractivity contribution in [2.75, 3.05) is 6.61 Å². The van der Waals surface area contributed by atoms with Crippen molar-refractivity contribution < 1.29 is 9.53 Å². The minimum Gasteiger partial charge on any atom is -0.494 e. The van der Waals surface area contributed by atoms with Gasteiger partial charge in [-0.05, 0) is 42.8 Å². The number of aromatic amines is 1. The standard InChI is InChI=1S/C18H17N3O2/c1-2-23-14-9-7-13(8-10-14)11-20-21-18(22)16-12-19-17-6-4-3-5-15(16)17/h3-12,19H,2H2,1H3,(H,21,22)/b20-11+. The van der Waals surface area contributed by atoms with E-state index < -0.39 is 0 Å². The Morgan fingerprint density at radius 2 is 2.00 bits per heavy atom. The van der Waals surface area contributed by atoms with Gasteiger partial charge in [-0.25, -0.2) is 5.43 Å². The van der Waals surface area contributed by atoms with Gasteiger partial charge in [0, 0.05) is 17.1 Å². The molecule has 5 heteroatoms. The normalized spacial score (nSPS) is 11.0. The molecule has 0 unspecified atom stereocenters. The quantitative estimate of drug-likeness (QED) is 0.561. The van der Waals surface area contributed by atoms with Gasteiger partial charge in [0.05, 0.1) is 18.4 Å². The smallest absolute Gasteiger partial charge is 0.273 e. The molecule has 3 rings (SSSR count). The Morgan fingerprint density at radius 1 is 1.22 bits per heavy atom. The van der Waals surface area contributed by atoms with E-state index in [2.05, 4.69) is 15.5 Å². The molecule has 116 valence electrons. The van der Waals surface area contributed by atoms with Gasteiger partial charge in [-0.2, -0.15) is 5.10 Å². The summed E-state index contributed by atoms with van der Waals surface area (Å²) in [6.07, 6.45) is 3.29. The molecule has 5 nitrogen and oxygen atoms in total. The van der Waals surface area contributed by atoms with Crippen molar-refractivity contribution in [1.29, 1.82) is 0 Å². The number of carbonyl (C=O) groups excluding carboxylic acids is 1. The maximum Gasteiger partial charge on any atom is 0.273 e. The highest BCUT2D eigenvalue weighted by atomic mass is 16.5. The van der Waals surface area contributed by atoms with E-state index in [1.807, 2.05) is 55.5 Å². The number of aromatic nitrogens is 1. The lowest BCUT2D eigenvalue weighted by Gasteiger charge is -2.02. The van der Waals surface area contributed by atoms with Crippen molar-refractivity contribution in [2.24, 2.45) is 5.10 Å². The van der Waals surface area contributed by atoms with Crippen LogP contribution in [0.2, 0.25) is 0 Å². The second kappa shape index (κ2) is 6.79. The zero-order valence-corrected chi connectivity index (χ0v) is 12.7. The van der Waals surface area contributed by atoms with Gasteiger partial charge >= 0.3 is 0 Å². The van der Waals surface area contributed by atoms with Crippen LogP contribution in [0, 0.1) is 0 Å². The largest absolute Gasteiger partial charge is 0.494 e. The van der Waals surface area contributed by atoms with Crippen molar-refractivity contribution in [1.82, 2.24) is 10.4 Å². The SMILES string of the molecule is CCOc1ccc(/C=N/NC(=O)c2c[nH]c3ccccc23)cc1. The molecule has 3 aromatic rings. The van der Waals surface area contributed by atoms with Crippen molar-refractivity contribution >= 4 is 23.0 Å². The van der Waals surface area contributed by atoms with Crippen LogP contribution in [0.4, 0.5) is 0 Å². The molecule has 0 atom stereocenters. The number of nitrogens with one attached hydrogen (secondary N) is 2. The molecule has 0 aliphatic heterocycles. The van der Waals surface area contributed by atoms with Crippen molar-refractivity contribution in [3.63, 3.8) is 0 Å². The van der Waals surface area contributed by atoms with Gasteiger partial charge in [0.15, 0.2) is 0 Å². The third kappa shape index (κ3) is 3.40. The van der Waals surface area contributed by atoms with E-state index in [0.29, 0.717) is 12.2 Å². The molecule has 0 aliphatic rings. The number of para-hydroxylation sites is 1. The van der Waals surface area contributed by atoms with Crippen LogP contribution < -0.4 is 10.2 Å². The number of hydrazone groups is 1. The number of ether oxygens (including phenoxy) is 1. The summed E-state index contributed by atoms with van der Waals surface area (Å²) in [6, 6.07) is 15.1. The lowest BCUT2D eigenvalue weighted by Crippen LogP contribution is -2.17. The summed E-state index contributed by atoms with van der Waals surface area (Å²) in [5, 5.41) is 4.88. The van der Waals surface area contributed by atoms with Gasteiger partial charge in [-0.15, -0.1) is 0 Å². The number of fused-ring (bicyclic) bond motifs is 1. The van der Waals surface area contributed by atoms with Crippen LogP contribution in [0.1, 0.15) is 22.8 Å². The van der Waals surface area contributed by atoms with Crippen LogP contribution >= 0.6 is 0 Å². The average molecular weight is 307 g/mol. The van der Waals surface area contributed by atoms with Crippen LogP contribution in [0.15, 0.2) is 59.8 Å². The van der Waals surface area contributed by atoms with Crippen LogP contribution in [0.5, 0.6) is 5.75 Å². The van der Waals surface area contributed by atoms with Crippen molar-refractivity contribution in [3.8, 4) is 5.75 Å². The molecular weight excluding hydrogens is 290 g/mol. The Labute approximate surface area is 134 Å². The summed E-state index contributed by atoms with van der Waals surface area (Å²) in [6.45, 7) is 2.57. The maximum absolute atomic E-state index is 12.2. The van der Waals surface area contributed by atoms with E-state index in [1.165, 1.54) is 0 Å². The molecule has 0 aliphatic carbocycles. The van der Waals surface area contributed by atoms with Gasteiger partial charge in [0.25, 0.3) is 5.91 Å². The number of rotatable bonds is 5. The van der Waals surface area contributed by atoms with Gasteiger partial charge in [0.2, 0.25) is 0 Å². The number of hydrogen-bond donors (Lipinski definition) is 2. The summed E-state index contributed by atoms with van der Waals surface area (Å²) in [5.41, 5.74) is 4.92. The third-order valence-corrected chi connectivity index (χ3v) is 3.40. The maximum atomic E-state index is 12.2. The van der Waals surface area contributed by atoms with Gasteiger partial charge < -0.3 is 9.72 Å². The van der Waals surface area contributed by atoms with Crippen LogP contribution in [0.25, 0.3) is 10.9 Å². The third-order valence-electron chi connectivity index (χ3n) is 3.40.